The Hall–Kier alpha value is -3.47. The first-order valence-electron chi connectivity index (χ1n) is 12.4. The van der Waals surface area contributed by atoms with Crippen molar-refractivity contribution in [3.8, 4) is 5.75 Å². The number of carbonyl (C=O) groups is 3. The molecule has 2 aliphatic carbocycles. The molecule has 1 amide bonds. The second kappa shape index (κ2) is 10.9. The Kier molecular flexibility index (Phi) is 7.82. The van der Waals surface area contributed by atoms with Crippen molar-refractivity contribution >= 4 is 17.5 Å². The average Bonchev–Trinajstić information content (AvgIpc) is 3.33. The van der Waals surface area contributed by atoms with Crippen LogP contribution in [0.2, 0.25) is 0 Å². The fraction of sp³-hybridized carbons (Fsp3) is 0.444. The summed E-state index contributed by atoms with van der Waals surface area (Å²) in [4.78, 5) is 43.2. The third-order valence-corrected chi connectivity index (χ3v) is 7.61. The molecular weight excluding hydrogens is 476 g/mol. The zero-order valence-electron chi connectivity index (χ0n) is 21.0. The molecule has 10 nitrogen and oxygen atoms in total. The maximum atomic E-state index is 13.7. The number of H-pyrrole nitrogens is 1. The van der Waals surface area contributed by atoms with Gasteiger partial charge in [0.1, 0.15) is 11.5 Å². The standard InChI is InChI=1S/C27H34N4O6/c1-31(2)19(13-32)18-9-15-8-17-14(11-29-12-16-4-3-7-30-16)5-6-20(33)24(17)26(36)23(15)27(37)25(18)21(34)10-22(28)35/h3-7,15,18-19,25,29-30,32-33,37H,8-13H2,1-2H3,(H2,28,35)/t15-,18-,19+,25?/m0/s1. The Balaban J connectivity index is 1.73. The van der Waals surface area contributed by atoms with Gasteiger partial charge in [-0.2, -0.15) is 0 Å². The molecule has 1 aromatic carbocycles. The Labute approximate surface area is 215 Å². The number of nitrogens with zero attached hydrogens (tertiary/aromatic N) is 1. The van der Waals surface area contributed by atoms with Gasteiger partial charge in [-0.25, -0.2) is 0 Å². The Morgan fingerprint density at radius 3 is 2.59 bits per heavy atom. The van der Waals surface area contributed by atoms with E-state index in [9.17, 15) is 29.7 Å². The van der Waals surface area contributed by atoms with Crippen molar-refractivity contribution in [2.24, 2.45) is 23.5 Å². The molecule has 7 N–H and O–H groups in total. The van der Waals surface area contributed by atoms with Gasteiger partial charge in [0.25, 0.3) is 0 Å². The molecule has 2 aliphatic rings. The molecule has 1 aromatic heterocycles. The molecule has 198 valence electrons. The number of benzene rings is 1. The molecule has 37 heavy (non-hydrogen) atoms. The maximum Gasteiger partial charge on any atom is 0.224 e. The number of aliphatic hydroxyl groups is 2. The molecular formula is C27H34N4O6. The highest BCUT2D eigenvalue weighted by molar-refractivity contribution is 6.14. The molecule has 10 heteroatoms. The predicted octanol–water partition coefficient (Wildman–Crippen LogP) is 1.18. The highest BCUT2D eigenvalue weighted by Crippen LogP contribution is 2.47. The topological polar surface area (TPSA) is 169 Å². The molecule has 0 aliphatic heterocycles. The van der Waals surface area contributed by atoms with Crippen LogP contribution < -0.4 is 11.1 Å². The van der Waals surface area contributed by atoms with Crippen LogP contribution in [0.1, 0.15) is 40.0 Å². The summed E-state index contributed by atoms with van der Waals surface area (Å²) < 4.78 is 0. The van der Waals surface area contributed by atoms with Crippen LogP contribution in [0.25, 0.3) is 0 Å². The number of rotatable bonds is 10. The van der Waals surface area contributed by atoms with Gasteiger partial charge in [0.05, 0.1) is 24.5 Å². The van der Waals surface area contributed by atoms with Crippen LogP contribution in [-0.4, -0.2) is 69.4 Å². The van der Waals surface area contributed by atoms with Crippen LogP contribution in [0, 0.1) is 17.8 Å². The van der Waals surface area contributed by atoms with E-state index in [1.54, 1.807) is 25.1 Å². The zero-order chi connectivity index (χ0) is 26.9. The van der Waals surface area contributed by atoms with Gasteiger partial charge in [-0.1, -0.05) is 6.07 Å². The number of likely N-dealkylation sites (N-methyl/N-ethyl adjacent to an activating group) is 1. The largest absolute Gasteiger partial charge is 0.511 e. The van der Waals surface area contributed by atoms with Crippen molar-refractivity contribution in [1.82, 2.24) is 15.2 Å². The summed E-state index contributed by atoms with van der Waals surface area (Å²) in [6.45, 7) is 0.790. The predicted molar refractivity (Wildman–Crippen MR) is 136 cm³/mol. The number of ketones is 2. The normalized spacial score (nSPS) is 22.1. The van der Waals surface area contributed by atoms with E-state index in [2.05, 4.69) is 10.3 Å². The quantitative estimate of drug-likeness (QED) is 0.259. The van der Waals surface area contributed by atoms with Crippen molar-refractivity contribution in [3.63, 3.8) is 0 Å². The Bertz CT molecular complexity index is 1220. The number of Topliss-reactive ketones (excluding diaryl/α,β-unsaturated/α-hetero) is 2. The van der Waals surface area contributed by atoms with Crippen molar-refractivity contribution in [2.75, 3.05) is 20.7 Å². The lowest BCUT2D eigenvalue weighted by Crippen LogP contribution is -2.49. The van der Waals surface area contributed by atoms with Crippen LogP contribution in [-0.2, 0) is 29.1 Å². The monoisotopic (exact) mass is 510 g/mol. The van der Waals surface area contributed by atoms with Crippen LogP contribution in [0.3, 0.4) is 0 Å². The number of aromatic amines is 1. The number of hydrogen-bond acceptors (Lipinski definition) is 8. The van der Waals surface area contributed by atoms with Gasteiger partial charge < -0.3 is 36.3 Å². The first kappa shape index (κ1) is 26.6. The van der Waals surface area contributed by atoms with E-state index in [0.717, 1.165) is 11.3 Å². The van der Waals surface area contributed by atoms with E-state index >= 15 is 0 Å². The molecule has 1 unspecified atom stereocenters. The number of aliphatic hydroxyl groups excluding tert-OH is 2. The number of aromatic hydroxyl groups is 1. The Morgan fingerprint density at radius 2 is 1.97 bits per heavy atom. The number of nitrogens with two attached hydrogens (primary N) is 1. The van der Waals surface area contributed by atoms with Crippen molar-refractivity contribution in [3.05, 3.63) is 64.2 Å². The summed E-state index contributed by atoms with van der Waals surface area (Å²) >= 11 is 0. The number of allylic oxidation sites excluding steroid dienone is 2. The summed E-state index contributed by atoms with van der Waals surface area (Å²) in [6.07, 6.45) is 1.98. The number of amides is 1. The number of carbonyl (C=O) groups excluding carboxylic acids is 3. The molecule has 0 radical (unpaired) electrons. The van der Waals surface area contributed by atoms with E-state index < -0.39 is 53.4 Å². The number of hydrogen-bond donors (Lipinski definition) is 6. The molecule has 2 aromatic rings. The number of aromatic nitrogens is 1. The second-order valence-electron chi connectivity index (χ2n) is 10.1. The highest BCUT2D eigenvalue weighted by atomic mass is 16.3. The van der Waals surface area contributed by atoms with Crippen LogP contribution >= 0.6 is 0 Å². The van der Waals surface area contributed by atoms with E-state index in [-0.39, 0.29) is 23.5 Å². The van der Waals surface area contributed by atoms with E-state index in [1.807, 2.05) is 18.3 Å². The summed E-state index contributed by atoms with van der Waals surface area (Å²) in [7, 11) is 3.53. The smallest absolute Gasteiger partial charge is 0.224 e. The van der Waals surface area contributed by atoms with Crippen LogP contribution in [0.15, 0.2) is 41.8 Å². The third kappa shape index (κ3) is 5.18. The van der Waals surface area contributed by atoms with Crippen LogP contribution in [0.5, 0.6) is 5.75 Å². The zero-order valence-corrected chi connectivity index (χ0v) is 21.0. The summed E-state index contributed by atoms with van der Waals surface area (Å²) in [5.41, 5.74) is 8.06. The number of primary amides is 1. The minimum Gasteiger partial charge on any atom is -0.511 e. The van der Waals surface area contributed by atoms with Gasteiger partial charge in [0, 0.05) is 36.6 Å². The van der Waals surface area contributed by atoms with E-state index in [4.69, 9.17) is 5.73 Å². The number of fused-ring (bicyclic) bond motifs is 2. The van der Waals surface area contributed by atoms with Gasteiger partial charge in [-0.15, -0.1) is 0 Å². The van der Waals surface area contributed by atoms with Crippen molar-refractivity contribution in [1.29, 1.82) is 0 Å². The molecule has 1 heterocycles. The van der Waals surface area contributed by atoms with E-state index in [0.29, 0.717) is 31.5 Å². The maximum absolute atomic E-state index is 13.7. The summed E-state index contributed by atoms with van der Waals surface area (Å²) in [6, 6.07) is 6.63. The summed E-state index contributed by atoms with van der Waals surface area (Å²) in [5.74, 6) is -4.63. The molecule has 4 rings (SSSR count). The number of phenols is 1. The molecule has 0 fully saturated rings. The highest BCUT2D eigenvalue weighted by Gasteiger charge is 2.49. The first-order chi connectivity index (χ1) is 17.6. The van der Waals surface area contributed by atoms with Gasteiger partial charge >= 0.3 is 0 Å². The second-order valence-corrected chi connectivity index (χ2v) is 10.1. The van der Waals surface area contributed by atoms with Gasteiger partial charge in [0.2, 0.25) is 5.91 Å². The lowest BCUT2D eigenvalue weighted by molar-refractivity contribution is -0.131. The van der Waals surface area contributed by atoms with Gasteiger partial charge in [0.15, 0.2) is 11.6 Å². The van der Waals surface area contributed by atoms with E-state index in [1.165, 1.54) is 6.07 Å². The molecule has 0 spiro atoms. The van der Waals surface area contributed by atoms with Crippen LogP contribution in [0.4, 0.5) is 0 Å². The molecule has 0 saturated carbocycles. The SMILES string of the molecule is CN(C)[C@H](CO)[C@@H]1C[C@@H]2Cc3c(CNCc4ccc[nH]4)ccc(O)c3C(=O)C2=C(O)C1C(=O)CC(N)=O. The molecule has 0 saturated heterocycles. The van der Waals surface area contributed by atoms with Gasteiger partial charge in [-0.05, 0) is 68.1 Å². The molecule has 4 atom stereocenters. The lowest BCUT2D eigenvalue weighted by Gasteiger charge is -2.43. The van der Waals surface area contributed by atoms with Gasteiger partial charge in [-0.3, -0.25) is 14.4 Å². The number of phenolic OH excluding ortho intramolecular Hbond substituents is 1. The van der Waals surface area contributed by atoms with Crippen molar-refractivity contribution in [2.45, 2.75) is 38.4 Å². The molecule has 0 bridgehead atoms. The summed E-state index contributed by atoms with van der Waals surface area (Å²) in [5, 5.41) is 35.4. The average molecular weight is 511 g/mol. The number of nitrogens with one attached hydrogen (secondary N) is 2. The third-order valence-electron chi connectivity index (χ3n) is 7.61. The Morgan fingerprint density at radius 1 is 1.22 bits per heavy atom. The minimum atomic E-state index is -1.16. The minimum absolute atomic E-state index is 0.0915. The lowest BCUT2D eigenvalue weighted by atomic mass is 9.63. The first-order valence-corrected chi connectivity index (χ1v) is 12.4. The fourth-order valence-electron chi connectivity index (χ4n) is 5.90. The van der Waals surface area contributed by atoms with Crippen molar-refractivity contribution < 1.29 is 29.7 Å². The fourth-order valence-corrected chi connectivity index (χ4v) is 5.90.